The molecule has 1 heterocycles. The number of ether oxygens (including phenoxy) is 2. The van der Waals surface area contributed by atoms with Gasteiger partial charge in [-0.15, -0.1) is 0 Å². The van der Waals surface area contributed by atoms with E-state index in [1.54, 1.807) is 6.20 Å². The molecule has 0 aromatic carbocycles. The van der Waals surface area contributed by atoms with Crippen molar-refractivity contribution in [2.24, 2.45) is 10.8 Å². The Bertz CT molecular complexity index is 555. The number of rotatable bonds is 20. The summed E-state index contributed by atoms with van der Waals surface area (Å²) in [6.07, 6.45) is 22.4. The lowest BCUT2D eigenvalue weighted by atomic mass is 9.89. The molecule has 1 rings (SSSR count). The first-order valence-corrected chi connectivity index (χ1v) is 14.2. The summed E-state index contributed by atoms with van der Waals surface area (Å²) in [6.45, 7) is 15.4. The van der Waals surface area contributed by atoms with Crippen molar-refractivity contribution in [1.82, 2.24) is 9.97 Å². The van der Waals surface area contributed by atoms with E-state index >= 15 is 0 Å². The molecule has 0 amide bonds. The number of hydrogen-bond acceptors (Lipinski definition) is 4. The molecule has 0 bridgehead atoms. The highest BCUT2D eigenvalue weighted by Gasteiger charge is 2.09. The minimum atomic E-state index is 0.440. The van der Waals surface area contributed by atoms with E-state index in [2.05, 4.69) is 51.5 Å². The summed E-state index contributed by atoms with van der Waals surface area (Å²) in [5.41, 5.74) is 0.960. The van der Waals surface area contributed by atoms with E-state index in [4.69, 9.17) is 9.47 Å². The van der Waals surface area contributed by atoms with Crippen LogP contribution in [0.2, 0.25) is 0 Å². The van der Waals surface area contributed by atoms with E-state index in [1.807, 2.05) is 6.07 Å². The fourth-order valence-electron chi connectivity index (χ4n) is 4.10. The maximum absolute atomic E-state index is 5.81. The Morgan fingerprint density at radius 1 is 0.559 bits per heavy atom. The van der Waals surface area contributed by atoms with Crippen LogP contribution in [0, 0.1) is 10.8 Å². The SMILES string of the molecule is CC(C)(C)CCCCCCCCCOc1ccnc(OCCCCCCCCCC(C)(C)C)n1. The molecule has 4 heteroatoms. The predicted molar refractivity (Wildman–Crippen MR) is 146 cm³/mol. The average Bonchev–Trinajstić information content (AvgIpc) is 2.75. The highest BCUT2D eigenvalue weighted by molar-refractivity contribution is 5.10. The molecule has 0 saturated heterocycles. The highest BCUT2D eigenvalue weighted by Crippen LogP contribution is 2.23. The molecule has 34 heavy (non-hydrogen) atoms. The first-order valence-electron chi connectivity index (χ1n) is 14.2. The second kappa shape index (κ2) is 18.0. The monoisotopic (exact) mass is 476 g/mol. The van der Waals surface area contributed by atoms with E-state index in [1.165, 1.54) is 89.9 Å². The standard InChI is InChI=1S/C30H56N2O2/c1-29(2,3)22-17-13-9-7-11-15-19-25-33-27-21-24-31-28(32-27)34-26-20-16-12-8-10-14-18-23-30(4,5)6/h21,24H,7-20,22-23,25-26H2,1-6H3. The summed E-state index contributed by atoms with van der Waals surface area (Å²) >= 11 is 0. The molecule has 0 unspecified atom stereocenters. The van der Waals surface area contributed by atoms with E-state index in [0.29, 0.717) is 29.3 Å². The topological polar surface area (TPSA) is 44.2 Å². The molecule has 1 aromatic rings. The van der Waals surface area contributed by atoms with Gasteiger partial charge in [0.1, 0.15) is 0 Å². The number of nitrogens with zero attached hydrogens (tertiary/aromatic N) is 2. The summed E-state index contributed by atoms with van der Waals surface area (Å²) in [4.78, 5) is 8.61. The van der Waals surface area contributed by atoms with Crippen LogP contribution in [0.15, 0.2) is 12.3 Å². The van der Waals surface area contributed by atoms with E-state index in [0.717, 1.165) is 19.4 Å². The van der Waals surface area contributed by atoms with Gasteiger partial charge in [0.25, 0.3) is 0 Å². The van der Waals surface area contributed by atoms with Crippen molar-refractivity contribution in [3.05, 3.63) is 12.3 Å². The van der Waals surface area contributed by atoms with Crippen molar-refractivity contribution in [3.8, 4) is 11.9 Å². The zero-order valence-corrected chi connectivity index (χ0v) is 23.6. The molecule has 0 N–H and O–H groups in total. The summed E-state index contributed by atoms with van der Waals surface area (Å²) < 4.78 is 11.6. The zero-order valence-electron chi connectivity index (χ0n) is 23.6. The van der Waals surface area contributed by atoms with Gasteiger partial charge in [0.2, 0.25) is 5.88 Å². The quantitative estimate of drug-likeness (QED) is 0.176. The van der Waals surface area contributed by atoms with E-state index in [-0.39, 0.29) is 0 Å². The summed E-state index contributed by atoms with van der Waals surface area (Å²) in [5.74, 6) is 0.627. The Balaban J connectivity index is 1.97. The molecule has 1 aromatic heterocycles. The zero-order chi connectivity index (χ0) is 25.1. The summed E-state index contributed by atoms with van der Waals surface area (Å²) in [6, 6.07) is 2.26. The highest BCUT2D eigenvalue weighted by atomic mass is 16.5. The molecule has 0 spiro atoms. The van der Waals surface area contributed by atoms with Crippen LogP contribution in [0.4, 0.5) is 0 Å². The molecule has 0 atom stereocenters. The van der Waals surface area contributed by atoms with Crippen LogP contribution in [0.3, 0.4) is 0 Å². The first kappa shape index (κ1) is 30.7. The summed E-state index contributed by atoms with van der Waals surface area (Å²) in [7, 11) is 0. The van der Waals surface area contributed by atoms with Crippen molar-refractivity contribution in [2.45, 2.75) is 144 Å². The lowest BCUT2D eigenvalue weighted by molar-refractivity contribution is 0.260. The van der Waals surface area contributed by atoms with Crippen LogP contribution in [0.5, 0.6) is 11.9 Å². The maximum Gasteiger partial charge on any atom is 0.319 e. The Hall–Kier alpha value is -1.32. The number of hydrogen-bond donors (Lipinski definition) is 0. The molecule has 0 aliphatic heterocycles. The van der Waals surface area contributed by atoms with Crippen LogP contribution < -0.4 is 9.47 Å². The fourth-order valence-corrected chi connectivity index (χ4v) is 4.10. The molecule has 198 valence electrons. The van der Waals surface area contributed by atoms with Crippen LogP contribution in [0.25, 0.3) is 0 Å². The molecule has 0 saturated carbocycles. The van der Waals surface area contributed by atoms with E-state index in [9.17, 15) is 0 Å². The van der Waals surface area contributed by atoms with Gasteiger partial charge < -0.3 is 9.47 Å². The second-order valence-electron chi connectivity index (χ2n) is 12.4. The minimum absolute atomic E-state index is 0.440. The molecular formula is C30H56N2O2. The van der Waals surface area contributed by atoms with Gasteiger partial charge in [-0.3, -0.25) is 0 Å². The second-order valence-corrected chi connectivity index (χ2v) is 12.4. The molecule has 0 fully saturated rings. The Morgan fingerprint density at radius 3 is 1.44 bits per heavy atom. The Kier molecular flexibility index (Phi) is 16.3. The Morgan fingerprint density at radius 2 is 0.971 bits per heavy atom. The van der Waals surface area contributed by atoms with Gasteiger partial charge in [-0.25, -0.2) is 4.98 Å². The van der Waals surface area contributed by atoms with Crippen molar-refractivity contribution >= 4 is 0 Å². The number of aromatic nitrogens is 2. The van der Waals surface area contributed by atoms with Crippen LogP contribution in [0.1, 0.15) is 144 Å². The molecular weight excluding hydrogens is 420 g/mol. The lowest BCUT2D eigenvalue weighted by Crippen LogP contribution is -2.04. The number of unbranched alkanes of at least 4 members (excludes halogenated alkanes) is 12. The Labute approximate surface area is 212 Å². The first-order chi connectivity index (χ1) is 16.2. The van der Waals surface area contributed by atoms with Crippen LogP contribution in [-0.4, -0.2) is 23.2 Å². The predicted octanol–water partition coefficient (Wildman–Crippen LogP) is 9.57. The van der Waals surface area contributed by atoms with Crippen molar-refractivity contribution in [1.29, 1.82) is 0 Å². The van der Waals surface area contributed by atoms with Gasteiger partial charge in [-0.05, 0) is 36.5 Å². The molecule has 0 aliphatic rings. The molecule has 0 aliphatic carbocycles. The third-order valence-corrected chi connectivity index (χ3v) is 6.23. The maximum atomic E-state index is 5.81. The van der Waals surface area contributed by atoms with Gasteiger partial charge in [0.05, 0.1) is 13.2 Å². The van der Waals surface area contributed by atoms with Gasteiger partial charge >= 0.3 is 6.01 Å². The normalized spacial score (nSPS) is 12.2. The third-order valence-electron chi connectivity index (χ3n) is 6.23. The van der Waals surface area contributed by atoms with Gasteiger partial charge in [-0.2, -0.15) is 4.98 Å². The van der Waals surface area contributed by atoms with Crippen LogP contribution >= 0.6 is 0 Å². The van der Waals surface area contributed by atoms with Crippen molar-refractivity contribution in [2.75, 3.05) is 13.2 Å². The smallest absolute Gasteiger partial charge is 0.319 e. The van der Waals surface area contributed by atoms with Crippen molar-refractivity contribution in [3.63, 3.8) is 0 Å². The lowest BCUT2D eigenvalue weighted by Gasteiger charge is -2.17. The fraction of sp³-hybridized carbons (Fsp3) is 0.867. The molecule has 0 radical (unpaired) electrons. The largest absolute Gasteiger partial charge is 0.478 e. The van der Waals surface area contributed by atoms with Gasteiger partial charge in [-0.1, -0.05) is 119 Å². The van der Waals surface area contributed by atoms with Gasteiger partial charge in [0, 0.05) is 12.3 Å². The average molecular weight is 477 g/mol. The van der Waals surface area contributed by atoms with Gasteiger partial charge in [0.15, 0.2) is 0 Å². The third kappa shape index (κ3) is 20.1. The van der Waals surface area contributed by atoms with E-state index < -0.39 is 0 Å². The van der Waals surface area contributed by atoms with Crippen molar-refractivity contribution < 1.29 is 9.47 Å². The molecule has 4 nitrogen and oxygen atoms in total. The van der Waals surface area contributed by atoms with Crippen LogP contribution in [-0.2, 0) is 0 Å². The minimum Gasteiger partial charge on any atom is -0.478 e. The summed E-state index contributed by atoms with van der Waals surface area (Å²) in [5, 5.41) is 0.